The molecule has 68 heavy (non-hydrogen) atoms. The maximum atomic E-state index is 12.2. The van der Waals surface area contributed by atoms with Gasteiger partial charge in [-0.1, -0.05) is 13.8 Å². The van der Waals surface area contributed by atoms with Gasteiger partial charge < -0.3 is 39.9 Å². The first-order chi connectivity index (χ1) is 32.5. The maximum Gasteiger partial charge on any atom is 0.340 e. The first kappa shape index (κ1) is 46.9. The van der Waals surface area contributed by atoms with Gasteiger partial charge in [-0.05, 0) is 101 Å². The number of methoxy groups -OCH3 is 2. The van der Waals surface area contributed by atoms with E-state index in [0.29, 0.717) is 48.9 Å². The summed E-state index contributed by atoms with van der Waals surface area (Å²) in [7, 11) is 3.27. The van der Waals surface area contributed by atoms with E-state index in [4.69, 9.17) is 59.8 Å². The fourth-order valence-electron chi connectivity index (χ4n) is 8.80. The summed E-state index contributed by atoms with van der Waals surface area (Å²) in [6.07, 6.45) is 12.4. The van der Waals surface area contributed by atoms with Crippen LogP contribution in [0.25, 0.3) is 21.5 Å². The van der Waals surface area contributed by atoms with Gasteiger partial charge in [0.1, 0.15) is 24.4 Å². The molecule has 6 atom stereocenters. The van der Waals surface area contributed by atoms with Gasteiger partial charge in [0.15, 0.2) is 0 Å². The number of hydrogen-bond acceptors (Lipinski definition) is 16. The third-order valence-corrected chi connectivity index (χ3v) is 13.3. The number of aromatic nitrogens is 6. The number of fused-ring (bicyclic) bond motifs is 4. The van der Waals surface area contributed by atoms with Gasteiger partial charge >= 0.3 is 11.9 Å². The molecule has 356 valence electrons. The number of cyclic esters (lactones) is 2. The van der Waals surface area contributed by atoms with E-state index in [-0.39, 0.29) is 48.2 Å². The van der Waals surface area contributed by atoms with Gasteiger partial charge in [-0.15, -0.1) is 0 Å². The topological polar surface area (TPSA) is 219 Å². The Kier molecular flexibility index (Phi) is 12.9. The second kappa shape index (κ2) is 18.7. The Morgan fingerprint density at radius 1 is 0.574 bits per heavy atom. The van der Waals surface area contributed by atoms with Crippen LogP contribution >= 0.6 is 0 Å². The van der Waals surface area contributed by atoms with Gasteiger partial charge in [0.25, 0.3) is 0 Å². The van der Waals surface area contributed by atoms with Gasteiger partial charge in [0.2, 0.25) is 11.8 Å². The second-order valence-corrected chi connectivity index (χ2v) is 19.4. The summed E-state index contributed by atoms with van der Waals surface area (Å²) in [5, 5.41) is 3.57. The van der Waals surface area contributed by atoms with E-state index in [0.717, 1.165) is 92.5 Å². The van der Waals surface area contributed by atoms with Crippen molar-refractivity contribution < 1.29 is 38.0 Å². The van der Waals surface area contributed by atoms with Crippen molar-refractivity contribution >= 4 is 33.5 Å². The molecule has 16 nitrogen and oxygen atoms in total. The highest BCUT2D eigenvalue weighted by Gasteiger charge is 2.34. The number of ether oxygens (including phenoxy) is 6. The highest BCUT2D eigenvalue weighted by molar-refractivity contribution is 5.93. The molecule has 4 aliphatic rings. The predicted molar refractivity (Wildman–Crippen MR) is 254 cm³/mol. The summed E-state index contributed by atoms with van der Waals surface area (Å²) < 4.78 is 33.6. The molecule has 0 aromatic carbocycles. The standard InChI is InChI=1S/2C26H30N4O4/c2*1-14-15(2)33-25(31)19-8-5-16(30-23(14)19)9-17-10-20-21(11-28-17)24(34-18-6-7-18)29-12-22(20)26(3,27)13-32-4/h2*5,8,10-12,14-15,18H,6-7,9,13,27H2,1-4H3/t14-,15-,26+;14-,15-,26-/m11/s1. The molecule has 2 aliphatic heterocycles. The quantitative estimate of drug-likeness (QED) is 0.103. The van der Waals surface area contributed by atoms with E-state index in [1.165, 1.54) is 0 Å². The largest absolute Gasteiger partial charge is 0.474 e. The Morgan fingerprint density at radius 2 is 0.971 bits per heavy atom. The number of nitrogens with zero attached hydrogens (tertiary/aromatic N) is 6. The number of carbonyl (C=O) groups excluding carboxylic acids is 2. The molecule has 0 spiro atoms. The van der Waals surface area contributed by atoms with E-state index < -0.39 is 11.1 Å². The van der Waals surface area contributed by atoms with Crippen LogP contribution < -0.4 is 20.9 Å². The zero-order valence-corrected chi connectivity index (χ0v) is 40.0. The van der Waals surface area contributed by atoms with Gasteiger partial charge in [-0.25, -0.2) is 19.6 Å². The van der Waals surface area contributed by atoms with Crippen molar-refractivity contribution in [2.45, 2.75) is 127 Å². The van der Waals surface area contributed by atoms with E-state index in [2.05, 4.69) is 9.97 Å². The number of carbonyl (C=O) groups is 2. The summed E-state index contributed by atoms with van der Waals surface area (Å²) >= 11 is 0. The van der Waals surface area contributed by atoms with Crippen LogP contribution in [0.15, 0.2) is 61.2 Å². The zero-order valence-electron chi connectivity index (χ0n) is 40.0. The summed E-state index contributed by atoms with van der Waals surface area (Å²) in [5.41, 5.74) is 19.5. The molecule has 4 N–H and O–H groups in total. The SMILES string of the molecule is COC[C@@](C)(N)c1cnc(OC2CC2)c2cnc(Cc3ccc4c(n3)[C@H](C)[C@@H](C)OC4=O)cc12.COC[C@](C)(N)c1cnc(OC2CC2)c2cnc(Cc3ccc4c(n3)[C@H](C)[C@@H](C)OC4=O)cc12. The first-order valence-electron chi connectivity index (χ1n) is 23.4. The Hall–Kier alpha value is -6.20. The predicted octanol–water partition coefficient (Wildman–Crippen LogP) is 7.28. The Balaban J connectivity index is 0.000000170. The van der Waals surface area contributed by atoms with Crippen molar-refractivity contribution in [2.24, 2.45) is 11.5 Å². The van der Waals surface area contributed by atoms with Crippen LogP contribution in [0, 0.1) is 0 Å². The van der Waals surface area contributed by atoms with Crippen molar-refractivity contribution in [2.75, 3.05) is 27.4 Å². The molecule has 6 aromatic heterocycles. The van der Waals surface area contributed by atoms with E-state index >= 15 is 0 Å². The lowest BCUT2D eigenvalue weighted by molar-refractivity contribution is 0.0225. The van der Waals surface area contributed by atoms with E-state index in [1.54, 1.807) is 38.7 Å². The first-order valence-corrected chi connectivity index (χ1v) is 23.4. The molecular weight excluding hydrogens is 865 g/mol. The number of esters is 2. The maximum absolute atomic E-state index is 12.2. The molecule has 0 amide bonds. The Bertz CT molecular complexity index is 2700. The highest BCUT2D eigenvalue weighted by atomic mass is 16.5. The van der Waals surface area contributed by atoms with Crippen molar-refractivity contribution in [1.82, 2.24) is 29.9 Å². The molecule has 0 radical (unpaired) electrons. The van der Waals surface area contributed by atoms with Gasteiger partial charge in [-0.2, -0.15) is 0 Å². The molecule has 0 bridgehead atoms. The van der Waals surface area contributed by atoms with E-state index in [9.17, 15) is 9.59 Å². The third kappa shape index (κ3) is 9.73. The Morgan fingerprint density at radius 3 is 1.34 bits per heavy atom. The fraction of sp³-hybridized carbons (Fsp3) is 0.462. The summed E-state index contributed by atoms with van der Waals surface area (Å²) in [4.78, 5) is 52.6. The van der Waals surface area contributed by atoms with Crippen molar-refractivity contribution in [1.29, 1.82) is 0 Å². The van der Waals surface area contributed by atoms with Crippen molar-refractivity contribution in [3.05, 3.63) is 118 Å². The van der Waals surface area contributed by atoms with Crippen molar-refractivity contribution in [3.63, 3.8) is 0 Å². The lowest BCUT2D eigenvalue weighted by Crippen LogP contribution is -2.38. The van der Waals surface area contributed by atoms with Crippen molar-refractivity contribution in [3.8, 4) is 11.8 Å². The number of hydrogen-bond donors (Lipinski definition) is 2. The lowest BCUT2D eigenvalue weighted by atomic mass is 9.91. The molecule has 8 heterocycles. The Labute approximate surface area is 395 Å². The fourth-order valence-corrected chi connectivity index (χ4v) is 8.80. The molecule has 0 unspecified atom stereocenters. The summed E-state index contributed by atoms with van der Waals surface area (Å²) in [6, 6.07) is 11.4. The average molecular weight is 925 g/mol. The van der Waals surface area contributed by atoms with Gasteiger partial charge in [0.05, 0.1) is 57.6 Å². The number of pyridine rings is 6. The minimum atomic E-state index is -0.729. The van der Waals surface area contributed by atoms with Crippen LogP contribution in [-0.2, 0) is 42.9 Å². The lowest BCUT2D eigenvalue weighted by Gasteiger charge is -2.27. The van der Waals surface area contributed by atoms with Gasteiger partial charge in [0, 0.05) is 97.6 Å². The highest BCUT2D eigenvalue weighted by Crippen LogP contribution is 2.38. The smallest absolute Gasteiger partial charge is 0.340 e. The normalized spacial score (nSPS) is 21.6. The molecular formula is C52H60N8O8. The van der Waals surface area contributed by atoms with Crippen LogP contribution in [0.4, 0.5) is 0 Å². The third-order valence-electron chi connectivity index (χ3n) is 13.3. The summed E-state index contributed by atoms with van der Waals surface area (Å²) in [6.45, 7) is 12.4. The second-order valence-electron chi connectivity index (χ2n) is 19.4. The molecule has 2 aliphatic carbocycles. The van der Waals surface area contributed by atoms with Crippen LogP contribution in [-0.4, -0.2) is 93.7 Å². The molecule has 2 saturated carbocycles. The van der Waals surface area contributed by atoms with Gasteiger partial charge in [-0.3, -0.25) is 19.9 Å². The molecule has 10 rings (SSSR count). The minimum absolute atomic E-state index is 0.0315. The van der Waals surface area contributed by atoms with Crippen LogP contribution in [0.3, 0.4) is 0 Å². The summed E-state index contributed by atoms with van der Waals surface area (Å²) in [5.74, 6) is 0.602. The molecule has 2 fully saturated rings. The zero-order chi connectivity index (χ0) is 48.1. The number of rotatable bonds is 14. The average Bonchev–Trinajstić information content (AvgIpc) is 4.26. The molecule has 0 saturated heterocycles. The van der Waals surface area contributed by atoms with Crippen LogP contribution in [0.2, 0.25) is 0 Å². The molecule has 16 heteroatoms. The van der Waals surface area contributed by atoms with E-state index in [1.807, 2.05) is 78.2 Å². The number of nitrogens with two attached hydrogens (primary N) is 2. The minimum Gasteiger partial charge on any atom is -0.474 e. The molecule has 6 aromatic rings. The van der Waals surface area contributed by atoms with Crippen LogP contribution in [0.1, 0.15) is 145 Å². The van der Waals surface area contributed by atoms with Crippen LogP contribution in [0.5, 0.6) is 11.8 Å². The monoisotopic (exact) mass is 924 g/mol.